The predicted molar refractivity (Wildman–Crippen MR) is 81.8 cm³/mol. The van der Waals surface area contributed by atoms with E-state index in [0.717, 1.165) is 16.5 Å². The molecular formula is C15H22BrNO3. The number of hydrogen-bond donors (Lipinski definition) is 3. The molecule has 0 spiro atoms. The van der Waals surface area contributed by atoms with E-state index in [0.29, 0.717) is 19.6 Å². The summed E-state index contributed by atoms with van der Waals surface area (Å²) in [6.07, 6.45) is 1.31. The topological polar surface area (TPSA) is 61.7 Å². The van der Waals surface area contributed by atoms with Gasteiger partial charge in [0.2, 0.25) is 0 Å². The molecule has 1 aromatic carbocycles. The third-order valence-electron chi connectivity index (χ3n) is 4.09. The fourth-order valence-corrected chi connectivity index (χ4v) is 2.96. The summed E-state index contributed by atoms with van der Waals surface area (Å²) >= 11 is 3.42. The van der Waals surface area contributed by atoms with Gasteiger partial charge in [-0.25, -0.2) is 0 Å². The van der Waals surface area contributed by atoms with Crippen LogP contribution in [-0.2, 0) is 4.74 Å². The molecule has 5 heteroatoms. The minimum Gasteiger partial charge on any atom is -0.508 e. The van der Waals surface area contributed by atoms with Crippen LogP contribution >= 0.6 is 15.9 Å². The van der Waals surface area contributed by atoms with Gasteiger partial charge < -0.3 is 20.3 Å². The molecule has 3 atom stereocenters. The average Bonchev–Trinajstić information content (AvgIpc) is 2.74. The average molecular weight is 344 g/mol. The van der Waals surface area contributed by atoms with Gasteiger partial charge in [-0.2, -0.15) is 0 Å². The molecule has 0 aliphatic carbocycles. The highest BCUT2D eigenvalue weighted by atomic mass is 79.9. The van der Waals surface area contributed by atoms with Gasteiger partial charge in [0.05, 0.1) is 6.10 Å². The number of phenolic OH excluding ortho intramolecular Hbond substituents is 1. The highest BCUT2D eigenvalue weighted by Gasteiger charge is 2.39. The lowest BCUT2D eigenvalue weighted by atomic mass is 9.95. The van der Waals surface area contributed by atoms with Crippen LogP contribution in [0.25, 0.3) is 0 Å². The Morgan fingerprint density at radius 2 is 2.30 bits per heavy atom. The van der Waals surface area contributed by atoms with Crippen molar-refractivity contribution in [2.24, 2.45) is 0 Å². The molecule has 20 heavy (non-hydrogen) atoms. The third-order valence-corrected chi connectivity index (χ3v) is 4.58. The van der Waals surface area contributed by atoms with Crippen LogP contribution in [0, 0.1) is 0 Å². The fraction of sp³-hybridized carbons (Fsp3) is 0.600. The second kappa shape index (κ2) is 6.43. The van der Waals surface area contributed by atoms with Crippen LogP contribution in [0.5, 0.6) is 5.75 Å². The molecule has 1 aliphatic rings. The van der Waals surface area contributed by atoms with Crippen molar-refractivity contribution in [3.05, 3.63) is 28.2 Å². The maximum absolute atomic E-state index is 10.5. The van der Waals surface area contributed by atoms with Crippen molar-refractivity contribution in [3.8, 4) is 5.75 Å². The summed E-state index contributed by atoms with van der Waals surface area (Å²) in [5.41, 5.74) is 0.0201. The number of phenols is 1. The zero-order chi connectivity index (χ0) is 14.8. The van der Waals surface area contributed by atoms with Gasteiger partial charge in [-0.15, -0.1) is 0 Å². The van der Waals surface area contributed by atoms with Crippen molar-refractivity contribution < 1.29 is 14.9 Å². The summed E-state index contributed by atoms with van der Waals surface area (Å²) in [6.45, 7) is 5.00. The summed E-state index contributed by atoms with van der Waals surface area (Å²) < 4.78 is 6.37. The van der Waals surface area contributed by atoms with Gasteiger partial charge in [0.25, 0.3) is 0 Å². The molecule has 0 amide bonds. The number of nitrogens with one attached hydrogen (secondary N) is 1. The van der Waals surface area contributed by atoms with Crippen molar-refractivity contribution in [1.29, 1.82) is 0 Å². The number of aliphatic hydroxyl groups is 1. The first kappa shape index (κ1) is 15.8. The second-order valence-corrected chi connectivity index (χ2v) is 6.33. The molecule has 0 radical (unpaired) electrons. The Bertz CT molecular complexity index is 468. The normalized spacial score (nSPS) is 27.7. The number of halogens is 1. The second-order valence-electron chi connectivity index (χ2n) is 5.41. The molecule has 1 aliphatic heterocycles. The van der Waals surface area contributed by atoms with E-state index in [1.165, 1.54) is 0 Å². The first-order valence-electron chi connectivity index (χ1n) is 7.02. The Kier molecular flexibility index (Phi) is 5.07. The molecule has 0 saturated carbocycles. The van der Waals surface area contributed by atoms with Gasteiger partial charge in [0, 0.05) is 35.7 Å². The monoisotopic (exact) mass is 343 g/mol. The van der Waals surface area contributed by atoms with Crippen LogP contribution < -0.4 is 5.32 Å². The Balaban J connectivity index is 2.07. The lowest BCUT2D eigenvalue weighted by molar-refractivity contribution is -0.0278. The lowest BCUT2D eigenvalue weighted by Gasteiger charge is -2.29. The maximum atomic E-state index is 10.5. The van der Waals surface area contributed by atoms with E-state index in [2.05, 4.69) is 28.2 Å². The first-order valence-corrected chi connectivity index (χ1v) is 7.81. The van der Waals surface area contributed by atoms with Crippen molar-refractivity contribution >= 4 is 15.9 Å². The SMILES string of the molecule is CCC(NCC1(O)CCOC1C)c1cc(Br)ccc1O. The van der Waals surface area contributed by atoms with E-state index < -0.39 is 5.60 Å². The lowest BCUT2D eigenvalue weighted by Crippen LogP contribution is -2.46. The Morgan fingerprint density at radius 3 is 2.90 bits per heavy atom. The summed E-state index contributed by atoms with van der Waals surface area (Å²) in [4.78, 5) is 0. The molecular weight excluding hydrogens is 322 g/mol. The molecule has 1 aromatic rings. The summed E-state index contributed by atoms with van der Waals surface area (Å²) in [5, 5.41) is 23.9. The van der Waals surface area contributed by atoms with Crippen LogP contribution in [0.1, 0.15) is 38.3 Å². The standard InChI is InChI=1S/C15H22BrNO3/c1-3-13(12-8-11(16)4-5-14(12)18)17-9-15(19)6-7-20-10(15)2/h4-5,8,10,13,17-19H,3,6-7,9H2,1-2H3. The van der Waals surface area contributed by atoms with Gasteiger partial charge in [-0.3, -0.25) is 0 Å². The smallest absolute Gasteiger partial charge is 0.120 e. The number of benzene rings is 1. The van der Waals surface area contributed by atoms with E-state index in [1.54, 1.807) is 6.07 Å². The molecule has 2 rings (SSSR count). The minimum absolute atomic E-state index is 0.00400. The molecule has 4 nitrogen and oxygen atoms in total. The Labute approximate surface area is 128 Å². The van der Waals surface area contributed by atoms with Crippen LogP contribution in [-0.4, -0.2) is 35.1 Å². The molecule has 1 heterocycles. The van der Waals surface area contributed by atoms with Crippen LogP contribution in [0.15, 0.2) is 22.7 Å². The number of aromatic hydroxyl groups is 1. The molecule has 3 N–H and O–H groups in total. The number of ether oxygens (including phenoxy) is 1. The van der Waals surface area contributed by atoms with E-state index in [1.807, 2.05) is 19.1 Å². The largest absolute Gasteiger partial charge is 0.508 e. The third kappa shape index (κ3) is 3.34. The highest BCUT2D eigenvalue weighted by Crippen LogP contribution is 2.31. The zero-order valence-corrected chi connectivity index (χ0v) is 13.5. The predicted octanol–water partition coefficient (Wildman–Crippen LogP) is 2.74. The highest BCUT2D eigenvalue weighted by molar-refractivity contribution is 9.10. The zero-order valence-electron chi connectivity index (χ0n) is 11.9. The van der Waals surface area contributed by atoms with E-state index in [-0.39, 0.29) is 17.9 Å². The Hall–Kier alpha value is -0.620. The molecule has 1 fully saturated rings. The van der Waals surface area contributed by atoms with E-state index >= 15 is 0 Å². The summed E-state index contributed by atoms with van der Waals surface area (Å²) in [6, 6.07) is 5.41. The summed E-state index contributed by atoms with van der Waals surface area (Å²) in [7, 11) is 0. The van der Waals surface area contributed by atoms with Gasteiger partial charge in [-0.05, 0) is 31.5 Å². The fourth-order valence-electron chi connectivity index (χ4n) is 2.58. The Morgan fingerprint density at radius 1 is 1.55 bits per heavy atom. The van der Waals surface area contributed by atoms with E-state index in [9.17, 15) is 10.2 Å². The van der Waals surface area contributed by atoms with Crippen LogP contribution in [0.4, 0.5) is 0 Å². The summed E-state index contributed by atoms with van der Waals surface area (Å²) in [5.74, 6) is 0.273. The number of hydrogen-bond acceptors (Lipinski definition) is 4. The van der Waals surface area contributed by atoms with Crippen LogP contribution in [0.3, 0.4) is 0 Å². The molecule has 1 saturated heterocycles. The number of rotatable bonds is 5. The van der Waals surface area contributed by atoms with Gasteiger partial charge >= 0.3 is 0 Å². The maximum Gasteiger partial charge on any atom is 0.120 e. The van der Waals surface area contributed by atoms with Gasteiger partial charge in [0.15, 0.2) is 0 Å². The quantitative estimate of drug-likeness (QED) is 0.769. The molecule has 112 valence electrons. The molecule has 0 aromatic heterocycles. The molecule has 3 unspecified atom stereocenters. The van der Waals surface area contributed by atoms with E-state index in [4.69, 9.17) is 4.74 Å². The van der Waals surface area contributed by atoms with Gasteiger partial charge in [0.1, 0.15) is 11.4 Å². The van der Waals surface area contributed by atoms with Crippen molar-refractivity contribution in [2.45, 2.75) is 44.4 Å². The van der Waals surface area contributed by atoms with Crippen molar-refractivity contribution in [1.82, 2.24) is 5.32 Å². The van der Waals surface area contributed by atoms with Crippen LogP contribution in [0.2, 0.25) is 0 Å². The van der Waals surface area contributed by atoms with Crippen molar-refractivity contribution in [2.75, 3.05) is 13.2 Å². The molecule has 0 bridgehead atoms. The minimum atomic E-state index is -0.824. The van der Waals surface area contributed by atoms with Gasteiger partial charge in [-0.1, -0.05) is 22.9 Å². The first-order chi connectivity index (χ1) is 9.46. The van der Waals surface area contributed by atoms with Crippen molar-refractivity contribution in [3.63, 3.8) is 0 Å².